The van der Waals surface area contributed by atoms with Gasteiger partial charge in [0.05, 0.1) is 0 Å². The second kappa shape index (κ2) is 5.88. The van der Waals surface area contributed by atoms with Gasteiger partial charge >= 0.3 is 0 Å². The van der Waals surface area contributed by atoms with Crippen molar-refractivity contribution in [2.45, 2.75) is 53.0 Å². The van der Waals surface area contributed by atoms with Gasteiger partial charge in [-0.15, -0.1) is 0 Å². The molecule has 18 heavy (non-hydrogen) atoms. The van der Waals surface area contributed by atoms with Crippen molar-refractivity contribution in [3.8, 4) is 0 Å². The average molecular weight is 245 g/mol. The van der Waals surface area contributed by atoms with Crippen LogP contribution in [-0.4, -0.2) is 18.0 Å². The summed E-state index contributed by atoms with van der Waals surface area (Å²) in [4.78, 5) is 2.61. The molecule has 0 saturated carbocycles. The molecule has 1 heterocycles. The summed E-state index contributed by atoms with van der Waals surface area (Å²) in [5.41, 5.74) is 4.43. The van der Waals surface area contributed by atoms with Crippen molar-refractivity contribution in [2.75, 3.05) is 13.1 Å². The van der Waals surface area contributed by atoms with Crippen molar-refractivity contribution in [3.05, 3.63) is 34.9 Å². The van der Waals surface area contributed by atoms with E-state index in [0.29, 0.717) is 5.92 Å². The summed E-state index contributed by atoms with van der Waals surface area (Å²) in [5.74, 6) is 1.55. The molecule has 1 aliphatic rings. The van der Waals surface area contributed by atoms with Crippen LogP contribution in [0.25, 0.3) is 0 Å². The molecule has 1 saturated heterocycles. The van der Waals surface area contributed by atoms with E-state index in [0.717, 1.165) is 12.5 Å². The summed E-state index contributed by atoms with van der Waals surface area (Å²) in [6.45, 7) is 12.8. The maximum Gasteiger partial charge on any atom is 0.0233 e. The fourth-order valence-electron chi connectivity index (χ4n) is 2.89. The van der Waals surface area contributed by atoms with Gasteiger partial charge in [-0.25, -0.2) is 0 Å². The second-order valence-electron chi connectivity index (χ2n) is 6.30. The van der Waals surface area contributed by atoms with Crippen LogP contribution in [0, 0.1) is 12.8 Å². The second-order valence-corrected chi connectivity index (χ2v) is 6.30. The van der Waals surface area contributed by atoms with Crippen LogP contribution in [0.2, 0.25) is 0 Å². The summed E-state index contributed by atoms with van der Waals surface area (Å²) < 4.78 is 0. The Morgan fingerprint density at radius 1 is 1.22 bits per heavy atom. The lowest BCUT2D eigenvalue weighted by Crippen LogP contribution is -2.32. The van der Waals surface area contributed by atoms with Crippen molar-refractivity contribution in [1.29, 1.82) is 0 Å². The Balaban J connectivity index is 2.03. The van der Waals surface area contributed by atoms with E-state index < -0.39 is 0 Å². The van der Waals surface area contributed by atoms with Crippen LogP contribution in [0.15, 0.2) is 18.2 Å². The van der Waals surface area contributed by atoms with E-state index in [9.17, 15) is 0 Å². The van der Waals surface area contributed by atoms with Gasteiger partial charge in [0.15, 0.2) is 0 Å². The van der Waals surface area contributed by atoms with Crippen molar-refractivity contribution >= 4 is 0 Å². The number of aryl methyl sites for hydroxylation is 1. The molecule has 0 aliphatic carbocycles. The van der Waals surface area contributed by atoms with E-state index in [1.165, 1.54) is 42.6 Å². The summed E-state index contributed by atoms with van der Waals surface area (Å²) >= 11 is 0. The number of hydrogen-bond donors (Lipinski definition) is 0. The number of hydrogen-bond acceptors (Lipinski definition) is 1. The Hall–Kier alpha value is -0.820. The smallest absolute Gasteiger partial charge is 0.0233 e. The molecule has 1 heteroatoms. The van der Waals surface area contributed by atoms with Crippen molar-refractivity contribution in [2.24, 2.45) is 5.92 Å². The first-order chi connectivity index (χ1) is 8.56. The highest BCUT2D eigenvalue weighted by molar-refractivity contribution is 5.33. The first-order valence-electron chi connectivity index (χ1n) is 7.38. The maximum atomic E-state index is 2.61. The highest BCUT2D eigenvalue weighted by Crippen LogP contribution is 2.23. The Bertz CT molecular complexity index is 387. The van der Waals surface area contributed by atoms with Crippen LogP contribution in [0.5, 0.6) is 0 Å². The van der Waals surface area contributed by atoms with E-state index in [2.05, 4.69) is 50.8 Å². The van der Waals surface area contributed by atoms with Crippen molar-refractivity contribution in [3.63, 3.8) is 0 Å². The topological polar surface area (TPSA) is 3.24 Å². The van der Waals surface area contributed by atoms with Crippen LogP contribution >= 0.6 is 0 Å². The standard InChI is InChI=1S/C17H27N/c1-13(2)17-11-16(6-5-15(17)4)12-18-9-7-14(3)8-10-18/h5-6,11,13-14H,7-10,12H2,1-4H3. The zero-order valence-electron chi connectivity index (χ0n) is 12.4. The number of likely N-dealkylation sites (tertiary alicyclic amines) is 1. The Labute approximate surface area is 112 Å². The van der Waals surface area contributed by atoms with Crippen LogP contribution in [0.1, 0.15) is 56.2 Å². The first-order valence-corrected chi connectivity index (χ1v) is 7.38. The molecule has 0 radical (unpaired) electrons. The van der Waals surface area contributed by atoms with Crippen LogP contribution in [-0.2, 0) is 6.54 Å². The van der Waals surface area contributed by atoms with Gasteiger partial charge in [0.2, 0.25) is 0 Å². The predicted molar refractivity (Wildman–Crippen MR) is 78.9 cm³/mol. The van der Waals surface area contributed by atoms with Gasteiger partial charge in [0.1, 0.15) is 0 Å². The molecule has 1 nitrogen and oxygen atoms in total. The van der Waals surface area contributed by atoms with E-state index >= 15 is 0 Å². The fourth-order valence-corrected chi connectivity index (χ4v) is 2.89. The molecule has 1 fully saturated rings. The van der Waals surface area contributed by atoms with Gasteiger partial charge in [-0.1, -0.05) is 39.0 Å². The summed E-state index contributed by atoms with van der Waals surface area (Å²) in [6.07, 6.45) is 2.73. The van der Waals surface area contributed by atoms with Gasteiger partial charge in [0.25, 0.3) is 0 Å². The van der Waals surface area contributed by atoms with E-state index in [-0.39, 0.29) is 0 Å². The molecular formula is C17H27N. The summed E-state index contributed by atoms with van der Waals surface area (Å²) in [7, 11) is 0. The predicted octanol–water partition coefficient (Wildman–Crippen LogP) is 4.35. The molecule has 100 valence electrons. The first kappa shape index (κ1) is 13.6. The largest absolute Gasteiger partial charge is 0.299 e. The summed E-state index contributed by atoms with van der Waals surface area (Å²) in [5, 5.41) is 0. The molecule has 1 aliphatic heterocycles. The van der Waals surface area contributed by atoms with E-state index in [1.807, 2.05) is 0 Å². The lowest BCUT2D eigenvalue weighted by Gasteiger charge is -2.30. The normalized spacial score (nSPS) is 18.5. The monoisotopic (exact) mass is 245 g/mol. The third-order valence-corrected chi connectivity index (χ3v) is 4.25. The third-order valence-electron chi connectivity index (χ3n) is 4.25. The lowest BCUT2D eigenvalue weighted by molar-refractivity contribution is 0.185. The molecule has 1 aromatic carbocycles. The fraction of sp³-hybridized carbons (Fsp3) is 0.647. The molecule has 0 amide bonds. The average Bonchev–Trinajstić information content (AvgIpc) is 2.34. The molecule has 0 atom stereocenters. The Kier molecular flexibility index (Phi) is 4.45. The zero-order valence-corrected chi connectivity index (χ0v) is 12.4. The van der Waals surface area contributed by atoms with Crippen LogP contribution in [0.4, 0.5) is 0 Å². The van der Waals surface area contributed by atoms with Crippen LogP contribution in [0.3, 0.4) is 0 Å². The number of benzene rings is 1. The minimum atomic E-state index is 0.631. The van der Waals surface area contributed by atoms with Gasteiger partial charge < -0.3 is 0 Å². The molecule has 0 bridgehead atoms. The molecule has 2 rings (SSSR count). The maximum absolute atomic E-state index is 2.61. The zero-order chi connectivity index (χ0) is 13.1. The SMILES string of the molecule is Cc1ccc(CN2CCC(C)CC2)cc1C(C)C. The molecule has 0 aromatic heterocycles. The Morgan fingerprint density at radius 2 is 1.89 bits per heavy atom. The molecule has 0 spiro atoms. The number of nitrogens with zero attached hydrogens (tertiary/aromatic N) is 1. The quantitative estimate of drug-likeness (QED) is 0.765. The van der Waals surface area contributed by atoms with Crippen molar-refractivity contribution in [1.82, 2.24) is 4.90 Å². The number of rotatable bonds is 3. The van der Waals surface area contributed by atoms with Gasteiger partial charge in [0, 0.05) is 6.54 Å². The van der Waals surface area contributed by atoms with Gasteiger partial charge in [-0.05, 0) is 61.4 Å². The number of piperidine rings is 1. The van der Waals surface area contributed by atoms with Crippen LogP contribution < -0.4 is 0 Å². The Morgan fingerprint density at radius 3 is 2.50 bits per heavy atom. The third kappa shape index (κ3) is 3.35. The minimum Gasteiger partial charge on any atom is -0.299 e. The van der Waals surface area contributed by atoms with E-state index in [4.69, 9.17) is 0 Å². The van der Waals surface area contributed by atoms with Gasteiger partial charge in [-0.3, -0.25) is 4.90 Å². The molecule has 0 N–H and O–H groups in total. The molecular weight excluding hydrogens is 218 g/mol. The van der Waals surface area contributed by atoms with E-state index in [1.54, 1.807) is 0 Å². The minimum absolute atomic E-state index is 0.631. The highest BCUT2D eigenvalue weighted by Gasteiger charge is 2.16. The van der Waals surface area contributed by atoms with Gasteiger partial charge in [-0.2, -0.15) is 0 Å². The molecule has 1 aromatic rings. The summed E-state index contributed by atoms with van der Waals surface area (Å²) in [6, 6.07) is 7.01. The van der Waals surface area contributed by atoms with Crippen molar-refractivity contribution < 1.29 is 0 Å². The lowest BCUT2D eigenvalue weighted by atomic mass is 9.95. The highest BCUT2D eigenvalue weighted by atomic mass is 15.1. The molecule has 0 unspecified atom stereocenters.